The van der Waals surface area contributed by atoms with E-state index >= 15 is 0 Å². The number of piperazine rings is 1. The molecule has 1 aliphatic carbocycles. The molecule has 0 radical (unpaired) electrons. The van der Waals surface area contributed by atoms with Gasteiger partial charge in [-0.1, -0.05) is 26.0 Å². The Hall–Kier alpha value is -3.61. The minimum atomic E-state index is -0.245. The normalized spacial score (nSPS) is 20.5. The van der Waals surface area contributed by atoms with Gasteiger partial charge in [-0.2, -0.15) is 5.26 Å². The van der Waals surface area contributed by atoms with E-state index in [1.807, 2.05) is 18.2 Å². The van der Waals surface area contributed by atoms with Crippen LogP contribution in [-0.4, -0.2) is 44.6 Å². The molecule has 1 aliphatic heterocycles. The third-order valence-corrected chi connectivity index (χ3v) is 9.38. The zero-order chi connectivity index (χ0) is 28.0. The van der Waals surface area contributed by atoms with Gasteiger partial charge in [-0.3, -0.25) is 9.69 Å². The van der Waals surface area contributed by atoms with E-state index in [0.717, 1.165) is 35.6 Å². The molecular weight excluding hydrogens is 523 g/mol. The lowest BCUT2D eigenvalue weighted by molar-refractivity contribution is 0.111. The number of fused-ring (bicyclic) bond motifs is 1. The minimum Gasteiger partial charge on any atom is -0.364 e. The van der Waals surface area contributed by atoms with Crippen molar-refractivity contribution in [1.29, 1.82) is 5.26 Å². The summed E-state index contributed by atoms with van der Waals surface area (Å²) in [6, 6.07) is 14.3. The lowest BCUT2D eigenvalue weighted by Crippen LogP contribution is -2.59. The monoisotopic (exact) mass is 556 g/mol. The predicted molar refractivity (Wildman–Crippen MR) is 156 cm³/mol. The van der Waals surface area contributed by atoms with Gasteiger partial charge in [0.2, 0.25) is 0 Å². The van der Waals surface area contributed by atoms with Crippen molar-refractivity contribution in [2.75, 3.05) is 18.0 Å². The molecule has 0 amide bonds. The van der Waals surface area contributed by atoms with Crippen LogP contribution in [0.4, 0.5) is 10.1 Å². The Balaban J connectivity index is 1.43. The van der Waals surface area contributed by atoms with E-state index in [1.54, 1.807) is 35.1 Å². The van der Waals surface area contributed by atoms with Crippen molar-refractivity contribution in [1.82, 2.24) is 19.4 Å². The summed E-state index contributed by atoms with van der Waals surface area (Å²) in [5.41, 5.74) is 4.62. The number of hydrogen-bond acceptors (Lipinski definition) is 7. The highest BCUT2D eigenvalue weighted by atomic mass is 32.1. The van der Waals surface area contributed by atoms with Gasteiger partial charge in [0, 0.05) is 49.6 Å². The van der Waals surface area contributed by atoms with Crippen LogP contribution in [0.15, 0.2) is 52.6 Å². The number of halogens is 1. The van der Waals surface area contributed by atoms with Gasteiger partial charge in [-0.25, -0.2) is 14.4 Å². The van der Waals surface area contributed by atoms with Crippen molar-refractivity contribution in [3.63, 3.8) is 0 Å². The molecule has 2 aliphatic rings. The summed E-state index contributed by atoms with van der Waals surface area (Å²) in [5.74, 6) is 0.325. The van der Waals surface area contributed by atoms with Gasteiger partial charge in [-0.05, 0) is 55.5 Å². The van der Waals surface area contributed by atoms with Crippen molar-refractivity contribution in [2.45, 2.75) is 63.6 Å². The summed E-state index contributed by atoms with van der Waals surface area (Å²) in [5, 5.41) is 12.8. The molecule has 1 aromatic carbocycles. The number of pyridine rings is 2. The zero-order valence-electron chi connectivity index (χ0n) is 23.0. The molecule has 206 valence electrons. The van der Waals surface area contributed by atoms with Crippen molar-refractivity contribution < 1.29 is 4.39 Å². The molecule has 1 saturated heterocycles. The lowest BCUT2D eigenvalue weighted by atomic mass is 9.95. The summed E-state index contributed by atoms with van der Waals surface area (Å²) < 4.78 is 15.6. The Kier molecular flexibility index (Phi) is 7.15. The fourth-order valence-electron chi connectivity index (χ4n) is 6.00. The maximum Gasteiger partial charge on any atom is 0.252 e. The highest BCUT2D eigenvalue weighted by Gasteiger charge is 2.39. The second-order valence-corrected chi connectivity index (χ2v) is 11.8. The lowest BCUT2D eigenvalue weighted by Gasteiger charge is -2.49. The molecule has 6 rings (SSSR count). The van der Waals surface area contributed by atoms with Crippen molar-refractivity contribution in [3.05, 3.63) is 86.0 Å². The van der Waals surface area contributed by atoms with Crippen LogP contribution in [0.1, 0.15) is 73.4 Å². The second-order valence-electron chi connectivity index (χ2n) is 10.9. The Labute approximate surface area is 237 Å². The second kappa shape index (κ2) is 10.8. The van der Waals surface area contributed by atoms with E-state index < -0.39 is 0 Å². The zero-order valence-corrected chi connectivity index (χ0v) is 23.9. The van der Waals surface area contributed by atoms with Crippen LogP contribution in [-0.2, 0) is 7.05 Å². The van der Waals surface area contributed by atoms with Crippen LogP contribution in [0, 0.1) is 17.1 Å². The molecule has 1 unspecified atom stereocenters. The first-order valence-electron chi connectivity index (χ1n) is 14.1. The van der Waals surface area contributed by atoms with Crippen LogP contribution in [0.2, 0.25) is 0 Å². The number of nitrogens with zero attached hydrogens (tertiary/aromatic N) is 6. The summed E-state index contributed by atoms with van der Waals surface area (Å²) in [6.45, 7) is 5.81. The highest BCUT2D eigenvalue weighted by Crippen LogP contribution is 2.43. The Morgan fingerprint density at radius 3 is 2.50 bits per heavy atom. The molecule has 3 atom stereocenters. The van der Waals surface area contributed by atoms with E-state index in [4.69, 9.17) is 4.98 Å². The summed E-state index contributed by atoms with van der Waals surface area (Å²) >= 11 is 1.70. The van der Waals surface area contributed by atoms with Crippen molar-refractivity contribution in [3.8, 4) is 6.07 Å². The average Bonchev–Trinajstić information content (AvgIpc) is 3.72. The van der Waals surface area contributed by atoms with E-state index in [2.05, 4.69) is 40.1 Å². The Morgan fingerprint density at radius 1 is 1.07 bits per heavy atom. The number of aromatic nitrogens is 3. The first-order chi connectivity index (χ1) is 19.4. The topological polar surface area (TPSA) is 78.0 Å². The fraction of sp³-hybridized carbons (Fsp3) is 0.419. The third-order valence-electron chi connectivity index (χ3n) is 8.46. The Morgan fingerprint density at radius 2 is 1.82 bits per heavy atom. The largest absolute Gasteiger partial charge is 0.364 e. The molecule has 2 fully saturated rings. The third kappa shape index (κ3) is 4.80. The van der Waals surface area contributed by atoms with Gasteiger partial charge < -0.3 is 9.47 Å². The highest BCUT2D eigenvalue weighted by molar-refractivity contribution is 7.09. The number of benzene rings is 1. The maximum atomic E-state index is 14.0. The molecule has 0 bridgehead atoms. The van der Waals surface area contributed by atoms with Crippen LogP contribution < -0.4 is 10.5 Å². The average molecular weight is 557 g/mol. The standard InChI is InChI=1S/C31H33FN6OS/c1-4-23-17-38(30(20-8-10-21(32)11-9-20)31-35-25(18-40-31)19-6-7-19)24(5-2)16-37(23)27-14-28(39)36(3)26-13-12-22(15-33)34-29(26)27/h8-14,18-19,23-24,30H,4-7,16-17H2,1-3H3/t23-,24+,30?/m0/s1. The number of rotatable bonds is 7. The van der Waals surface area contributed by atoms with Crippen molar-refractivity contribution >= 4 is 28.1 Å². The van der Waals surface area contributed by atoms with Gasteiger partial charge in [0.25, 0.3) is 5.56 Å². The fourth-order valence-corrected chi connectivity index (χ4v) is 7.05. The molecule has 0 spiro atoms. The van der Waals surface area contributed by atoms with Gasteiger partial charge in [0.1, 0.15) is 28.1 Å². The molecule has 40 heavy (non-hydrogen) atoms. The predicted octanol–water partition coefficient (Wildman–Crippen LogP) is 5.75. The molecule has 3 aromatic heterocycles. The van der Waals surface area contributed by atoms with Crippen LogP contribution >= 0.6 is 11.3 Å². The van der Waals surface area contributed by atoms with Crippen LogP contribution in [0.25, 0.3) is 11.0 Å². The molecule has 0 N–H and O–H groups in total. The maximum absolute atomic E-state index is 14.0. The van der Waals surface area contributed by atoms with Crippen LogP contribution in [0.5, 0.6) is 0 Å². The molecular formula is C31H33FN6OS. The summed E-state index contributed by atoms with van der Waals surface area (Å²) in [7, 11) is 1.74. The number of aryl methyl sites for hydroxylation is 1. The van der Waals surface area contributed by atoms with Gasteiger partial charge >= 0.3 is 0 Å². The number of nitriles is 1. The molecule has 4 heterocycles. The van der Waals surface area contributed by atoms with E-state index in [1.165, 1.54) is 30.7 Å². The number of thiazole rings is 1. The number of hydrogen-bond donors (Lipinski definition) is 0. The summed E-state index contributed by atoms with van der Waals surface area (Å²) in [6.07, 6.45) is 4.16. The first-order valence-corrected chi connectivity index (χ1v) is 14.9. The Bertz CT molecular complexity index is 1640. The molecule has 4 aromatic rings. The van der Waals surface area contributed by atoms with E-state index in [0.29, 0.717) is 29.2 Å². The van der Waals surface area contributed by atoms with Gasteiger partial charge in [0.05, 0.1) is 22.9 Å². The quantitative estimate of drug-likeness (QED) is 0.289. The first kappa shape index (κ1) is 26.6. The smallest absolute Gasteiger partial charge is 0.252 e. The van der Waals surface area contributed by atoms with Crippen molar-refractivity contribution in [2.24, 2.45) is 7.05 Å². The molecule has 9 heteroatoms. The SMILES string of the molecule is CC[C@H]1CN(C(c2ccc(F)cc2)c2nc(C3CC3)cs2)[C@H](CC)CN1c1cc(=O)n(C)c2ccc(C#N)nc12. The molecule has 1 saturated carbocycles. The summed E-state index contributed by atoms with van der Waals surface area (Å²) in [4.78, 5) is 27.6. The number of anilines is 1. The minimum absolute atomic E-state index is 0.0806. The molecule has 7 nitrogen and oxygen atoms in total. The van der Waals surface area contributed by atoms with E-state index in [-0.39, 0.29) is 29.5 Å². The van der Waals surface area contributed by atoms with E-state index in [9.17, 15) is 14.4 Å². The van der Waals surface area contributed by atoms with Crippen LogP contribution in [0.3, 0.4) is 0 Å². The van der Waals surface area contributed by atoms with Gasteiger partial charge in [-0.15, -0.1) is 11.3 Å². The van der Waals surface area contributed by atoms with Gasteiger partial charge in [0.15, 0.2) is 0 Å².